The van der Waals surface area contributed by atoms with Crippen molar-refractivity contribution in [1.29, 1.82) is 0 Å². The second-order valence-corrected chi connectivity index (χ2v) is 8.30. The van der Waals surface area contributed by atoms with Crippen LogP contribution in [0, 0.1) is 5.92 Å². The van der Waals surface area contributed by atoms with E-state index < -0.39 is 0 Å². The van der Waals surface area contributed by atoms with E-state index in [4.69, 9.17) is 14.5 Å². The summed E-state index contributed by atoms with van der Waals surface area (Å²) in [6.07, 6.45) is 8.46. The number of rotatable bonds is 10. The van der Waals surface area contributed by atoms with Crippen molar-refractivity contribution in [2.24, 2.45) is 5.92 Å². The molecule has 2 N–H and O–H groups in total. The number of fused-ring (bicyclic) bond motifs is 2. The molecule has 0 spiro atoms. The van der Waals surface area contributed by atoms with Gasteiger partial charge < -0.3 is 19.9 Å². The number of unbranched alkanes of at least 4 members (excludes halogenated alkanes) is 1. The SMILES string of the molecule is COc1cc2c(NCC3CC3)c3c(nc2cc1OCCCCC(C)O)CCC3. The maximum Gasteiger partial charge on any atom is 0.163 e. The highest BCUT2D eigenvalue weighted by atomic mass is 16.5. The van der Waals surface area contributed by atoms with Gasteiger partial charge in [0.15, 0.2) is 11.5 Å². The van der Waals surface area contributed by atoms with Gasteiger partial charge in [0.2, 0.25) is 0 Å². The molecule has 4 rings (SSSR count). The molecule has 1 unspecified atom stereocenters. The van der Waals surface area contributed by atoms with Crippen LogP contribution >= 0.6 is 0 Å². The zero-order valence-electron chi connectivity index (χ0n) is 17.1. The molecular weight excluding hydrogens is 352 g/mol. The van der Waals surface area contributed by atoms with Crippen LogP contribution in [0.25, 0.3) is 10.9 Å². The van der Waals surface area contributed by atoms with Crippen molar-refractivity contribution in [3.8, 4) is 11.5 Å². The quantitative estimate of drug-likeness (QED) is 0.591. The molecule has 1 atom stereocenters. The monoisotopic (exact) mass is 384 g/mol. The highest BCUT2D eigenvalue weighted by Gasteiger charge is 2.25. The number of hydrogen-bond donors (Lipinski definition) is 2. The van der Waals surface area contributed by atoms with E-state index in [1.165, 1.54) is 36.2 Å². The number of aromatic nitrogens is 1. The lowest BCUT2D eigenvalue weighted by Crippen LogP contribution is -2.08. The van der Waals surface area contributed by atoms with Crippen LogP contribution in [0.5, 0.6) is 11.5 Å². The van der Waals surface area contributed by atoms with Gasteiger partial charge in [-0.2, -0.15) is 0 Å². The number of pyridine rings is 1. The van der Waals surface area contributed by atoms with E-state index in [1.807, 2.05) is 13.0 Å². The predicted octanol–water partition coefficient (Wildman–Crippen LogP) is 4.48. The van der Waals surface area contributed by atoms with E-state index >= 15 is 0 Å². The Bertz CT molecular complexity index is 830. The highest BCUT2D eigenvalue weighted by molar-refractivity contribution is 5.96. The van der Waals surface area contributed by atoms with Crippen molar-refractivity contribution in [2.75, 3.05) is 25.6 Å². The number of aliphatic hydroxyl groups excluding tert-OH is 1. The molecule has 0 radical (unpaired) electrons. The van der Waals surface area contributed by atoms with E-state index in [1.54, 1.807) is 7.11 Å². The first-order valence-electron chi connectivity index (χ1n) is 10.7. The van der Waals surface area contributed by atoms with Crippen LogP contribution in [-0.4, -0.2) is 36.5 Å². The molecule has 0 aliphatic heterocycles. The van der Waals surface area contributed by atoms with Gasteiger partial charge in [0, 0.05) is 29.4 Å². The molecule has 1 fully saturated rings. The Kier molecular flexibility index (Phi) is 5.90. The normalized spacial score (nSPS) is 16.8. The Labute approximate surface area is 167 Å². The van der Waals surface area contributed by atoms with Gasteiger partial charge in [-0.3, -0.25) is 4.98 Å². The van der Waals surface area contributed by atoms with Gasteiger partial charge in [0.05, 0.1) is 25.3 Å². The van der Waals surface area contributed by atoms with Crippen LogP contribution in [0.2, 0.25) is 0 Å². The summed E-state index contributed by atoms with van der Waals surface area (Å²) in [6, 6.07) is 4.12. The van der Waals surface area contributed by atoms with Gasteiger partial charge in [0.25, 0.3) is 0 Å². The number of aliphatic hydroxyl groups is 1. The number of ether oxygens (including phenoxy) is 2. The highest BCUT2D eigenvalue weighted by Crippen LogP contribution is 2.40. The van der Waals surface area contributed by atoms with Crippen molar-refractivity contribution in [1.82, 2.24) is 4.98 Å². The summed E-state index contributed by atoms with van der Waals surface area (Å²) >= 11 is 0. The van der Waals surface area contributed by atoms with Gasteiger partial charge in [-0.15, -0.1) is 0 Å². The third-order valence-electron chi connectivity index (χ3n) is 5.84. The fraction of sp³-hybridized carbons (Fsp3) is 0.609. The van der Waals surface area contributed by atoms with Gasteiger partial charge in [0.1, 0.15) is 0 Å². The van der Waals surface area contributed by atoms with Crippen molar-refractivity contribution in [3.05, 3.63) is 23.4 Å². The largest absolute Gasteiger partial charge is 0.493 e. The maximum absolute atomic E-state index is 9.38. The molecule has 5 heteroatoms. The van der Waals surface area contributed by atoms with Crippen LogP contribution in [0.1, 0.15) is 56.7 Å². The Morgan fingerprint density at radius 2 is 2.07 bits per heavy atom. The summed E-state index contributed by atoms with van der Waals surface area (Å²) in [4.78, 5) is 4.95. The van der Waals surface area contributed by atoms with Crippen molar-refractivity contribution >= 4 is 16.6 Å². The van der Waals surface area contributed by atoms with Gasteiger partial charge in [-0.1, -0.05) is 0 Å². The third kappa shape index (κ3) is 4.35. The van der Waals surface area contributed by atoms with Gasteiger partial charge in [-0.05, 0) is 75.8 Å². The zero-order chi connectivity index (χ0) is 19.5. The summed E-state index contributed by atoms with van der Waals surface area (Å²) in [5.74, 6) is 2.34. The topological polar surface area (TPSA) is 63.6 Å². The Balaban J connectivity index is 1.58. The summed E-state index contributed by atoms with van der Waals surface area (Å²) < 4.78 is 11.7. The van der Waals surface area contributed by atoms with E-state index in [9.17, 15) is 5.11 Å². The van der Waals surface area contributed by atoms with Crippen LogP contribution in [0.4, 0.5) is 5.69 Å². The smallest absolute Gasteiger partial charge is 0.163 e. The Morgan fingerprint density at radius 3 is 2.82 bits per heavy atom. The first-order valence-corrected chi connectivity index (χ1v) is 10.7. The van der Waals surface area contributed by atoms with Crippen molar-refractivity contribution < 1.29 is 14.6 Å². The average molecular weight is 385 g/mol. The number of methoxy groups -OCH3 is 1. The molecule has 2 aliphatic rings. The predicted molar refractivity (Wildman–Crippen MR) is 113 cm³/mol. The molecule has 2 aliphatic carbocycles. The van der Waals surface area contributed by atoms with E-state index in [2.05, 4.69) is 11.4 Å². The lowest BCUT2D eigenvalue weighted by atomic mass is 10.1. The summed E-state index contributed by atoms with van der Waals surface area (Å²) in [7, 11) is 1.69. The molecule has 0 saturated heterocycles. The first kappa shape index (κ1) is 19.3. The zero-order valence-corrected chi connectivity index (χ0v) is 17.1. The fourth-order valence-electron chi connectivity index (χ4n) is 4.04. The van der Waals surface area contributed by atoms with Gasteiger partial charge in [-0.25, -0.2) is 0 Å². The van der Waals surface area contributed by atoms with Gasteiger partial charge >= 0.3 is 0 Å². The molecule has 0 bridgehead atoms. The number of hydrogen-bond acceptors (Lipinski definition) is 5. The summed E-state index contributed by atoms with van der Waals surface area (Å²) in [5.41, 5.74) is 4.87. The maximum atomic E-state index is 9.38. The average Bonchev–Trinajstić information content (AvgIpc) is 3.39. The molecule has 1 aromatic heterocycles. The second-order valence-electron chi connectivity index (χ2n) is 8.30. The number of anilines is 1. The second kappa shape index (κ2) is 8.56. The third-order valence-corrected chi connectivity index (χ3v) is 5.84. The van der Waals surface area contributed by atoms with Crippen molar-refractivity contribution in [3.63, 3.8) is 0 Å². The van der Waals surface area contributed by atoms with E-state index in [0.717, 1.165) is 67.0 Å². The molecule has 152 valence electrons. The van der Waals surface area contributed by atoms with E-state index in [0.29, 0.717) is 6.61 Å². The number of benzene rings is 1. The van der Waals surface area contributed by atoms with Crippen molar-refractivity contribution in [2.45, 2.75) is 64.4 Å². The number of nitrogens with zero attached hydrogens (tertiary/aromatic N) is 1. The molecule has 0 amide bonds. The van der Waals surface area contributed by atoms with Crippen LogP contribution in [-0.2, 0) is 12.8 Å². The molecular formula is C23H32N2O3. The first-order chi connectivity index (χ1) is 13.7. The fourth-order valence-corrected chi connectivity index (χ4v) is 4.04. The molecule has 2 aromatic rings. The molecule has 5 nitrogen and oxygen atoms in total. The lowest BCUT2D eigenvalue weighted by Gasteiger charge is -2.17. The van der Waals surface area contributed by atoms with Crippen LogP contribution in [0.3, 0.4) is 0 Å². The number of aryl methyl sites for hydroxylation is 1. The van der Waals surface area contributed by atoms with E-state index in [-0.39, 0.29) is 6.10 Å². The minimum Gasteiger partial charge on any atom is -0.493 e. The summed E-state index contributed by atoms with van der Waals surface area (Å²) in [5, 5.41) is 14.2. The lowest BCUT2D eigenvalue weighted by molar-refractivity contribution is 0.176. The molecule has 1 saturated carbocycles. The molecule has 1 heterocycles. The Morgan fingerprint density at radius 1 is 1.21 bits per heavy atom. The van der Waals surface area contributed by atoms with Crippen LogP contribution < -0.4 is 14.8 Å². The van der Waals surface area contributed by atoms with Crippen LogP contribution in [0.15, 0.2) is 12.1 Å². The molecule has 1 aromatic carbocycles. The molecule has 28 heavy (non-hydrogen) atoms. The Hall–Kier alpha value is -2.01. The standard InChI is InChI=1S/C23H32N2O3/c1-15(26)6-3-4-11-28-22-13-20-18(12-21(22)27-2)23(24-14-16-9-10-16)17-7-5-8-19(17)25-20/h12-13,15-16,26H,3-11,14H2,1-2H3,(H,24,25). The minimum absolute atomic E-state index is 0.247. The summed E-state index contributed by atoms with van der Waals surface area (Å²) in [6.45, 7) is 3.49. The minimum atomic E-state index is -0.247. The number of nitrogens with one attached hydrogen (secondary N) is 1.